The molecule has 0 aliphatic heterocycles. The fourth-order valence-electron chi connectivity index (χ4n) is 1.67. The summed E-state index contributed by atoms with van der Waals surface area (Å²) in [7, 11) is 1.28. The van der Waals surface area contributed by atoms with Crippen LogP contribution in [0.5, 0.6) is 0 Å². The van der Waals surface area contributed by atoms with Crippen molar-refractivity contribution in [2.24, 2.45) is 11.1 Å². The Kier molecular flexibility index (Phi) is 4.65. The molecular formula is C12H15BrN2O4. The van der Waals surface area contributed by atoms with Gasteiger partial charge in [0.25, 0.3) is 5.69 Å². The normalized spacial score (nSPS) is 12.9. The smallest absolute Gasteiger partial charge is 0.313 e. The topological polar surface area (TPSA) is 95.5 Å². The van der Waals surface area contributed by atoms with E-state index in [-0.39, 0.29) is 5.69 Å². The predicted molar refractivity (Wildman–Crippen MR) is 73.5 cm³/mol. The molecule has 0 saturated carbocycles. The van der Waals surface area contributed by atoms with Crippen molar-refractivity contribution < 1.29 is 14.5 Å². The monoisotopic (exact) mass is 330 g/mol. The first-order chi connectivity index (χ1) is 8.71. The maximum atomic E-state index is 11.7. The molecule has 0 bridgehead atoms. The van der Waals surface area contributed by atoms with Gasteiger partial charge in [0.15, 0.2) is 0 Å². The molecule has 1 atom stereocenters. The number of nitrogens with zero attached hydrogens (tertiary/aromatic N) is 1. The molecule has 0 fully saturated rings. The first-order valence-corrected chi connectivity index (χ1v) is 6.29. The Morgan fingerprint density at radius 2 is 2.11 bits per heavy atom. The van der Waals surface area contributed by atoms with Crippen molar-refractivity contribution in [2.75, 3.05) is 7.11 Å². The highest BCUT2D eigenvalue weighted by Crippen LogP contribution is 2.35. The van der Waals surface area contributed by atoms with Crippen LogP contribution in [0.4, 0.5) is 5.69 Å². The Labute approximate surface area is 119 Å². The predicted octanol–water partition coefficient (Wildman–Crippen LogP) is 2.56. The van der Waals surface area contributed by atoms with Gasteiger partial charge in [0, 0.05) is 12.1 Å². The number of carbonyl (C=O) groups is 1. The molecule has 0 aromatic heterocycles. The van der Waals surface area contributed by atoms with Crippen LogP contribution in [0.3, 0.4) is 0 Å². The lowest BCUT2D eigenvalue weighted by atomic mass is 9.81. The number of methoxy groups -OCH3 is 1. The van der Waals surface area contributed by atoms with Gasteiger partial charge in [-0.3, -0.25) is 14.9 Å². The van der Waals surface area contributed by atoms with Crippen LogP contribution in [0.2, 0.25) is 0 Å². The molecule has 1 aromatic rings. The average molecular weight is 331 g/mol. The molecule has 1 aromatic carbocycles. The Bertz CT molecular complexity index is 516. The molecule has 0 amide bonds. The van der Waals surface area contributed by atoms with Crippen molar-refractivity contribution in [3.8, 4) is 0 Å². The summed E-state index contributed by atoms with van der Waals surface area (Å²) < 4.78 is 5.06. The number of nitro benzene ring substituents is 1. The van der Waals surface area contributed by atoms with E-state index in [1.807, 2.05) is 0 Å². The van der Waals surface area contributed by atoms with Gasteiger partial charge in [0.05, 0.1) is 21.9 Å². The summed E-state index contributed by atoms with van der Waals surface area (Å²) in [5.41, 5.74) is 5.47. The molecule has 0 heterocycles. The molecule has 1 rings (SSSR count). The number of carbonyl (C=O) groups excluding carboxylic acids is 1. The Hall–Kier alpha value is -1.47. The highest BCUT2D eigenvalue weighted by atomic mass is 79.9. The maximum Gasteiger partial charge on any atom is 0.313 e. The molecule has 2 N–H and O–H groups in total. The van der Waals surface area contributed by atoms with Gasteiger partial charge in [0.2, 0.25) is 0 Å². The van der Waals surface area contributed by atoms with Crippen LogP contribution >= 0.6 is 15.9 Å². The van der Waals surface area contributed by atoms with Gasteiger partial charge in [-0.1, -0.05) is 6.07 Å². The quantitative estimate of drug-likeness (QED) is 0.520. The Morgan fingerprint density at radius 1 is 1.53 bits per heavy atom. The summed E-state index contributed by atoms with van der Waals surface area (Å²) in [5, 5.41) is 10.9. The second kappa shape index (κ2) is 5.66. The van der Waals surface area contributed by atoms with E-state index in [1.54, 1.807) is 26.0 Å². The molecular weight excluding hydrogens is 316 g/mol. The van der Waals surface area contributed by atoms with Gasteiger partial charge in [-0.15, -0.1) is 0 Å². The minimum absolute atomic E-state index is 0.0892. The van der Waals surface area contributed by atoms with Crippen molar-refractivity contribution in [3.05, 3.63) is 38.3 Å². The third kappa shape index (κ3) is 3.10. The van der Waals surface area contributed by atoms with Gasteiger partial charge in [-0.05, 0) is 41.4 Å². The number of hydrogen-bond acceptors (Lipinski definition) is 5. The molecule has 0 radical (unpaired) electrons. The highest BCUT2D eigenvalue weighted by Gasteiger charge is 2.37. The van der Waals surface area contributed by atoms with E-state index in [9.17, 15) is 14.9 Å². The van der Waals surface area contributed by atoms with Crippen molar-refractivity contribution in [3.63, 3.8) is 0 Å². The minimum Gasteiger partial charge on any atom is -0.469 e. The van der Waals surface area contributed by atoms with Crippen molar-refractivity contribution in [1.82, 2.24) is 0 Å². The summed E-state index contributed by atoms with van der Waals surface area (Å²) in [5.74, 6) is -0.467. The summed E-state index contributed by atoms with van der Waals surface area (Å²) in [6, 6.07) is 3.85. The summed E-state index contributed by atoms with van der Waals surface area (Å²) in [4.78, 5) is 22.1. The lowest BCUT2D eigenvalue weighted by Gasteiger charge is -2.28. The highest BCUT2D eigenvalue weighted by molar-refractivity contribution is 9.10. The molecule has 0 aliphatic carbocycles. The van der Waals surface area contributed by atoms with Gasteiger partial charge >= 0.3 is 5.97 Å². The molecule has 0 spiro atoms. The van der Waals surface area contributed by atoms with Gasteiger partial charge in [0.1, 0.15) is 0 Å². The van der Waals surface area contributed by atoms with Crippen LogP contribution in [0.1, 0.15) is 25.5 Å². The van der Waals surface area contributed by atoms with Gasteiger partial charge in [-0.25, -0.2) is 0 Å². The molecule has 0 aliphatic rings. The second-order valence-electron chi connectivity index (χ2n) is 4.66. The van der Waals surface area contributed by atoms with Crippen LogP contribution < -0.4 is 5.73 Å². The number of nitro groups is 1. The maximum absolute atomic E-state index is 11.7. The number of nitrogens with two attached hydrogens (primary N) is 1. The van der Waals surface area contributed by atoms with E-state index in [0.717, 1.165) is 0 Å². The fraction of sp³-hybridized carbons (Fsp3) is 0.417. The minimum atomic E-state index is -0.976. The zero-order valence-corrected chi connectivity index (χ0v) is 12.4. The van der Waals surface area contributed by atoms with Crippen LogP contribution in [0.25, 0.3) is 0 Å². The summed E-state index contributed by atoms with van der Waals surface area (Å²) >= 11 is 3.10. The fourth-order valence-corrected chi connectivity index (χ4v) is 2.06. The second-order valence-corrected chi connectivity index (χ2v) is 5.51. The number of hydrogen-bond donors (Lipinski definition) is 1. The SMILES string of the molecule is COC(=O)C(C)(C)[C@H](N)c1ccc(Br)c([N+](=O)[O-])c1. The Morgan fingerprint density at radius 3 is 2.58 bits per heavy atom. The number of benzene rings is 1. The largest absolute Gasteiger partial charge is 0.469 e. The van der Waals surface area contributed by atoms with Gasteiger partial charge in [-0.2, -0.15) is 0 Å². The van der Waals surface area contributed by atoms with E-state index in [2.05, 4.69) is 15.9 Å². The first-order valence-electron chi connectivity index (χ1n) is 5.49. The van der Waals surface area contributed by atoms with E-state index in [1.165, 1.54) is 13.2 Å². The first kappa shape index (κ1) is 15.6. The average Bonchev–Trinajstić information content (AvgIpc) is 2.36. The van der Waals surface area contributed by atoms with Crippen molar-refractivity contribution in [2.45, 2.75) is 19.9 Å². The number of halogens is 1. The van der Waals surface area contributed by atoms with Gasteiger partial charge < -0.3 is 10.5 Å². The van der Waals surface area contributed by atoms with E-state index < -0.39 is 22.3 Å². The molecule has 104 valence electrons. The molecule has 7 heteroatoms. The number of esters is 1. The number of ether oxygens (including phenoxy) is 1. The third-order valence-corrected chi connectivity index (χ3v) is 3.69. The zero-order chi connectivity index (χ0) is 14.8. The molecule has 0 unspecified atom stereocenters. The van der Waals surface area contributed by atoms with Crippen molar-refractivity contribution in [1.29, 1.82) is 0 Å². The standard InChI is InChI=1S/C12H15BrN2O4/c1-12(2,11(16)19-3)10(14)7-4-5-8(13)9(6-7)15(17)18/h4-6,10H,14H2,1-3H3/t10-/m1/s1. The van der Waals surface area contributed by atoms with Crippen LogP contribution in [0.15, 0.2) is 22.7 Å². The lowest BCUT2D eigenvalue weighted by Crippen LogP contribution is -2.37. The van der Waals surface area contributed by atoms with E-state index >= 15 is 0 Å². The number of rotatable bonds is 4. The third-order valence-electron chi connectivity index (χ3n) is 3.02. The van der Waals surface area contributed by atoms with E-state index in [0.29, 0.717) is 10.0 Å². The van der Waals surface area contributed by atoms with Crippen LogP contribution in [0, 0.1) is 15.5 Å². The van der Waals surface area contributed by atoms with Crippen LogP contribution in [-0.2, 0) is 9.53 Å². The van der Waals surface area contributed by atoms with Crippen LogP contribution in [-0.4, -0.2) is 18.0 Å². The zero-order valence-electron chi connectivity index (χ0n) is 10.8. The lowest BCUT2D eigenvalue weighted by molar-refractivity contribution is -0.385. The molecule has 6 nitrogen and oxygen atoms in total. The summed E-state index contributed by atoms with van der Waals surface area (Å²) in [6.07, 6.45) is 0. The summed E-state index contributed by atoms with van der Waals surface area (Å²) in [6.45, 7) is 3.27. The molecule has 19 heavy (non-hydrogen) atoms. The van der Waals surface area contributed by atoms with Crippen molar-refractivity contribution >= 4 is 27.6 Å². The molecule has 0 saturated heterocycles. The Balaban J connectivity index is 3.20. The van der Waals surface area contributed by atoms with E-state index in [4.69, 9.17) is 10.5 Å².